The molecule has 0 aliphatic heterocycles. The Morgan fingerprint density at radius 3 is 2.38 bits per heavy atom. The minimum atomic E-state index is -1.68. The van der Waals surface area contributed by atoms with E-state index in [2.05, 4.69) is 34.7 Å². The predicted molar refractivity (Wildman–Crippen MR) is 61.4 cm³/mol. The SMILES string of the molecule is CC1(C)[C@@H]2CC[C]([Sn]([CH3])([CH3])[CH3])=C[C@@H]21. The van der Waals surface area contributed by atoms with Crippen LogP contribution in [-0.2, 0) is 0 Å². The van der Waals surface area contributed by atoms with Gasteiger partial charge in [0.15, 0.2) is 0 Å². The van der Waals surface area contributed by atoms with Crippen LogP contribution in [0.3, 0.4) is 0 Å². The van der Waals surface area contributed by atoms with Crippen molar-refractivity contribution in [2.24, 2.45) is 17.3 Å². The molecule has 0 N–H and O–H groups in total. The fraction of sp³-hybridized carbons (Fsp3) is 0.833. The summed E-state index contributed by atoms with van der Waals surface area (Å²) in [4.78, 5) is 7.66. The van der Waals surface area contributed by atoms with E-state index in [1.807, 2.05) is 3.59 Å². The van der Waals surface area contributed by atoms with Crippen molar-refractivity contribution in [2.45, 2.75) is 41.5 Å². The van der Waals surface area contributed by atoms with Crippen LogP contribution in [-0.4, -0.2) is 18.4 Å². The molecule has 0 radical (unpaired) electrons. The molecule has 0 aromatic heterocycles. The van der Waals surface area contributed by atoms with Gasteiger partial charge in [0, 0.05) is 0 Å². The van der Waals surface area contributed by atoms with Crippen molar-refractivity contribution in [2.75, 3.05) is 0 Å². The van der Waals surface area contributed by atoms with Gasteiger partial charge in [-0.05, 0) is 0 Å². The van der Waals surface area contributed by atoms with Gasteiger partial charge in [0.25, 0.3) is 0 Å². The molecule has 0 heterocycles. The summed E-state index contributed by atoms with van der Waals surface area (Å²) < 4.78 is 1.90. The Morgan fingerprint density at radius 1 is 1.31 bits per heavy atom. The van der Waals surface area contributed by atoms with E-state index >= 15 is 0 Å². The summed E-state index contributed by atoms with van der Waals surface area (Å²) in [5.41, 5.74) is 0.652. The van der Waals surface area contributed by atoms with Gasteiger partial charge < -0.3 is 0 Å². The molecule has 2 rings (SSSR count). The molecule has 74 valence electrons. The van der Waals surface area contributed by atoms with Gasteiger partial charge in [-0.2, -0.15) is 0 Å². The van der Waals surface area contributed by atoms with Crippen molar-refractivity contribution in [3.63, 3.8) is 0 Å². The third-order valence-corrected chi connectivity index (χ3v) is 10.9. The Kier molecular flexibility index (Phi) is 2.15. The molecule has 2 aliphatic rings. The van der Waals surface area contributed by atoms with E-state index < -0.39 is 18.4 Å². The zero-order valence-electron chi connectivity index (χ0n) is 9.65. The molecule has 2 aliphatic carbocycles. The average molecular weight is 285 g/mol. The molecule has 1 fully saturated rings. The number of rotatable bonds is 1. The third kappa shape index (κ3) is 1.60. The first kappa shape index (κ1) is 10.1. The van der Waals surface area contributed by atoms with Crippen molar-refractivity contribution in [3.8, 4) is 0 Å². The quantitative estimate of drug-likeness (QED) is 0.642. The van der Waals surface area contributed by atoms with Crippen molar-refractivity contribution in [1.82, 2.24) is 0 Å². The van der Waals surface area contributed by atoms with Crippen LogP contribution in [0.15, 0.2) is 9.67 Å². The van der Waals surface area contributed by atoms with E-state index in [-0.39, 0.29) is 0 Å². The average Bonchev–Trinajstić information content (AvgIpc) is 2.53. The minimum absolute atomic E-state index is 0.652. The Labute approximate surface area is 86.7 Å². The molecule has 0 nitrogen and oxygen atoms in total. The molecule has 0 amide bonds. The second kappa shape index (κ2) is 2.77. The van der Waals surface area contributed by atoms with Gasteiger partial charge in [0.05, 0.1) is 0 Å². The van der Waals surface area contributed by atoms with Crippen LogP contribution in [0.2, 0.25) is 14.8 Å². The zero-order valence-corrected chi connectivity index (χ0v) is 12.5. The van der Waals surface area contributed by atoms with Crippen LogP contribution in [0.4, 0.5) is 0 Å². The summed E-state index contributed by atoms with van der Waals surface area (Å²) in [6.07, 6.45) is 5.59. The monoisotopic (exact) mass is 286 g/mol. The topological polar surface area (TPSA) is 0 Å². The Balaban J connectivity index is 2.19. The maximum absolute atomic E-state index is 2.67. The Morgan fingerprint density at radius 2 is 1.92 bits per heavy atom. The first-order valence-electron chi connectivity index (χ1n) is 5.54. The summed E-state index contributed by atoms with van der Waals surface area (Å²) in [7, 11) is 0. The summed E-state index contributed by atoms with van der Waals surface area (Å²) in [5.74, 6) is 1.98. The Bertz CT molecular complexity index is 255. The van der Waals surface area contributed by atoms with E-state index in [0.29, 0.717) is 5.41 Å². The van der Waals surface area contributed by atoms with E-state index in [9.17, 15) is 0 Å². The molecule has 0 aromatic rings. The van der Waals surface area contributed by atoms with Crippen LogP contribution < -0.4 is 0 Å². The molecule has 0 unspecified atom stereocenters. The number of hydrogen-bond acceptors (Lipinski definition) is 0. The number of hydrogen-bond donors (Lipinski definition) is 0. The van der Waals surface area contributed by atoms with Gasteiger partial charge >= 0.3 is 86.8 Å². The van der Waals surface area contributed by atoms with Crippen molar-refractivity contribution < 1.29 is 0 Å². The summed E-state index contributed by atoms with van der Waals surface area (Å²) >= 11 is -1.68. The first-order valence-corrected chi connectivity index (χ1v) is 15.5. The standard InChI is InChI=1S/C9H13.3CH3.Sn/c1-9(2)7-5-3-4-6-8(7)9;;;;/h6-8H,3,5H2,1-2H3;3*1H3;/t7-,8+;;;;/m1..../s1. The van der Waals surface area contributed by atoms with Gasteiger partial charge in [0.2, 0.25) is 0 Å². The van der Waals surface area contributed by atoms with Crippen LogP contribution in [0.25, 0.3) is 0 Å². The third-order valence-electron chi connectivity index (χ3n) is 4.21. The number of allylic oxidation sites excluding steroid dienone is 2. The van der Waals surface area contributed by atoms with Crippen LogP contribution in [0.1, 0.15) is 26.7 Å². The second-order valence-electron chi connectivity index (χ2n) is 6.43. The number of fused-ring (bicyclic) bond motifs is 1. The fourth-order valence-electron chi connectivity index (χ4n) is 2.91. The van der Waals surface area contributed by atoms with Crippen molar-refractivity contribution >= 4 is 18.4 Å². The van der Waals surface area contributed by atoms with Gasteiger partial charge in [0.1, 0.15) is 0 Å². The second-order valence-corrected chi connectivity index (χ2v) is 21.1. The van der Waals surface area contributed by atoms with Crippen molar-refractivity contribution in [1.29, 1.82) is 0 Å². The normalized spacial score (nSPS) is 36.5. The molecule has 0 aromatic carbocycles. The van der Waals surface area contributed by atoms with Crippen LogP contribution in [0, 0.1) is 17.3 Å². The van der Waals surface area contributed by atoms with E-state index in [1.165, 1.54) is 12.8 Å². The Hall–Kier alpha value is 0.539. The molecule has 13 heavy (non-hydrogen) atoms. The molecule has 0 bridgehead atoms. The van der Waals surface area contributed by atoms with Gasteiger partial charge in [-0.3, -0.25) is 0 Å². The predicted octanol–water partition coefficient (Wildman–Crippen LogP) is 3.86. The summed E-state index contributed by atoms with van der Waals surface area (Å²) in [6, 6.07) is 0. The molecular weight excluding hydrogens is 263 g/mol. The molecular formula is C12H22Sn. The van der Waals surface area contributed by atoms with E-state index in [1.54, 1.807) is 0 Å². The summed E-state index contributed by atoms with van der Waals surface area (Å²) in [6.45, 7) is 4.89. The molecule has 1 saturated carbocycles. The maximum atomic E-state index is 2.67. The summed E-state index contributed by atoms with van der Waals surface area (Å²) in [5, 5.41) is 0. The van der Waals surface area contributed by atoms with Gasteiger partial charge in [-0.25, -0.2) is 0 Å². The fourth-order valence-corrected chi connectivity index (χ4v) is 7.40. The van der Waals surface area contributed by atoms with E-state index in [4.69, 9.17) is 0 Å². The van der Waals surface area contributed by atoms with E-state index in [0.717, 1.165) is 11.8 Å². The zero-order chi connectivity index (χ0) is 9.85. The van der Waals surface area contributed by atoms with Gasteiger partial charge in [-0.15, -0.1) is 0 Å². The molecule has 2 atom stereocenters. The van der Waals surface area contributed by atoms with Crippen LogP contribution >= 0.6 is 0 Å². The van der Waals surface area contributed by atoms with Crippen LogP contribution in [0.5, 0.6) is 0 Å². The first-order chi connectivity index (χ1) is 5.83. The molecule has 0 spiro atoms. The molecule has 1 heteroatoms. The van der Waals surface area contributed by atoms with Crippen molar-refractivity contribution in [3.05, 3.63) is 9.67 Å². The molecule has 0 saturated heterocycles. The van der Waals surface area contributed by atoms with Gasteiger partial charge in [-0.1, -0.05) is 0 Å².